The number of carbonyl (C=O) groups excluding carboxylic acids is 1. The first-order valence-electron chi connectivity index (χ1n) is 3.97. The number of esters is 1. The number of hydrogen-bond donors (Lipinski definition) is 2. The number of hydrogen-bond acceptors (Lipinski definition) is 4. The molecule has 0 saturated heterocycles. The summed E-state index contributed by atoms with van der Waals surface area (Å²) in [5.74, 6) is -0.370. The lowest BCUT2D eigenvalue weighted by Crippen LogP contribution is -2.13. The molecular formula is C9H12N2O2. The van der Waals surface area contributed by atoms with Crippen molar-refractivity contribution in [2.24, 2.45) is 5.73 Å². The quantitative estimate of drug-likeness (QED) is 0.520. The molecule has 0 atom stereocenters. The van der Waals surface area contributed by atoms with Gasteiger partial charge in [0, 0.05) is 12.2 Å². The molecule has 4 N–H and O–H groups in total. The molecule has 70 valence electrons. The van der Waals surface area contributed by atoms with E-state index < -0.39 is 0 Å². The first-order chi connectivity index (χ1) is 6.24. The third kappa shape index (κ3) is 2.76. The molecule has 0 bridgehead atoms. The highest BCUT2D eigenvalue weighted by molar-refractivity contribution is 5.89. The van der Waals surface area contributed by atoms with Crippen molar-refractivity contribution in [3.05, 3.63) is 29.8 Å². The maximum absolute atomic E-state index is 11.2. The Balaban J connectivity index is 2.61. The fraction of sp³-hybridized carbons (Fsp3) is 0.222. The van der Waals surface area contributed by atoms with Crippen LogP contribution < -0.4 is 11.5 Å². The molecule has 1 aromatic carbocycles. The summed E-state index contributed by atoms with van der Waals surface area (Å²) in [6.07, 6.45) is 0. The van der Waals surface area contributed by atoms with Crippen LogP contribution in [0, 0.1) is 0 Å². The zero-order valence-electron chi connectivity index (χ0n) is 7.19. The SMILES string of the molecule is NCCOC(=O)c1ccc(N)cc1. The largest absolute Gasteiger partial charge is 0.461 e. The highest BCUT2D eigenvalue weighted by Gasteiger charge is 2.04. The van der Waals surface area contributed by atoms with Crippen LogP contribution in [0.2, 0.25) is 0 Å². The van der Waals surface area contributed by atoms with Gasteiger partial charge in [-0.15, -0.1) is 0 Å². The van der Waals surface area contributed by atoms with Gasteiger partial charge in [-0.25, -0.2) is 4.79 Å². The molecule has 4 nitrogen and oxygen atoms in total. The van der Waals surface area contributed by atoms with Crippen molar-refractivity contribution in [3.63, 3.8) is 0 Å². The summed E-state index contributed by atoms with van der Waals surface area (Å²) < 4.78 is 4.81. The summed E-state index contributed by atoms with van der Waals surface area (Å²) >= 11 is 0. The van der Waals surface area contributed by atoms with Crippen molar-refractivity contribution in [3.8, 4) is 0 Å². The lowest BCUT2D eigenvalue weighted by Gasteiger charge is -2.02. The minimum atomic E-state index is -0.370. The van der Waals surface area contributed by atoms with Gasteiger partial charge < -0.3 is 16.2 Å². The molecule has 0 aliphatic rings. The fourth-order valence-electron chi connectivity index (χ4n) is 0.854. The van der Waals surface area contributed by atoms with E-state index in [1.165, 1.54) is 0 Å². The number of carbonyl (C=O) groups is 1. The van der Waals surface area contributed by atoms with Gasteiger partial charge in [-0.05, 0) is 24.3 Å². The average Bonchev–Trinajstić information content (AvgIpc) is 2.15. The molecule has 0 amide bonds. The average molecular weight is 180 g/mol. The van der Waals surface area contributed by atoms with Gasteiger partial charge in [-0.3, -0.25) is 0 Å². The van der Waals surface area contributed by atoms with Gasteiger partial charge in [0.2, 0.25) is 0 Å². The summed E-state index contributed by atoms with van der Waals surface area (Å²) in [5.41, 5.74) is 11.7. The van der Waals surface area contributed by atoms with E-state index in [0.717, 1.165) is 0 Å². The summed E-state index contributed by atoms with van der Waals surface area (Å²) in [7, 11) is 0. The summed E-state index contributed by atoms with van der Waals surface area (Å²) in [4.78, 5) is 11.2. The maximum atomic E-state index is 11.2. The van der Waals surface area contributed by atoms with E-state index in [1.807, 2.05) is 0 Å². The molecule has 0 heterocycles. The van der Waals surface area contributed by atoms with E-state index in [0.29, 0.717) is 17.8 Å². The standard InChI is InChI=1S/C9H12N2O2/c10-5-6-13-9(12)7-1-3-8(11)4-2-7/h1-4H,5-6,10-11H2. The molecule has 0 spiro atoms. The molecule has 0 aliphatic carbocycles. The van der Waals surface area contributed by atoms with E-state index in [1.54, 1.807) is 24.3 Å². The first-order valence-corrected chi connectivity index (χ1v) is 3.97. The Bertz CT molecular complexity index is 282. The second-order valence-corrected chi connectivity index (χ2v) is 2.55. The van der Waals surface area contributed by atoms with Crippen LogP contribution in [0.1, 0.15) is 10.4 Å². The topological polar surface area (TPSA) is 78.3 Å². The zero-order valence-corrected chi connectivity index (χ0v) is 7.19. The molecule has 0 aromatic heterocycles. The van der Waals surface area contributed by atoms with Crippen LogP contribution in [0.3, 0.4) is 0 Å². The van der Waals surface area contributed by atoms with Gasteiger partial charge in [0.1, 0.15) is 6.61 Å². The van der Waals surface area contributed by atoms with E-state index in [9.17, 15) is 4.79 Å². The Morgan fingerprint density at radius 2 is 1.92 bits per heavy atom. The predicted molar refractivity (Wildman–Crippen MR) is 50.2 cm³/mol. The molecule has 1 rings (SSSR count). The Morgan fingerprint density at radius 3 is 2.46 bits per heavy atom. The minimum Gasteiger partial charge on any atom is -0.461 e. The Hall–Kier alpha value is -1.55. The lowest BCUT2D eigenvalue weighted by atomic mass is 10.2. The smallest absolute Gasteiger partial charge is 0.338 e. The lowest BCUT2D eigenvalue weighted by molar-refractivity contribution is 0.0517. The molecule has 0 unspecified atom stereocenters. The summed E-state index contributed by atoms with van der Waals surface area (Å²) in [5, 5.41) is 0. The van der Waals surface area contributed by atoms with Gasteiger partial charge >= 0.3 is 5.97 Å². The predicted octanol–water partition coefficient (Wildman–Crippen LogP) is 0.384. The second kappa shape index (κ2) is 4.47. The molecule has 4 heteroatoms. The number of anilines is 1. The van der Waals surface area contributed by atoms with Gasteiger partial charge in [0.05, 0.1) is 5.56 Å². The van der Waals surface area contributed by atoms with Gasteiger partial charge in [-0.1, -0.05) is 0 Å². The monoisotopic (exact) mass is 180 g/mol. The third-order valence-electron chi connectivity index (χ3n) is 1.50. The fourth-order valence-corrected chi connectivity index (χ4v) is 0.854. The van der Waals surface area contributed by atoms with Crippen molar-refractivity contribution in [1.29, 1.82) is 0 Å². The molecule has 1 aromatic rings. The van der Waals surface area contributed by atoms with Gasteiger partial charge in [0.15, 0.2) is 0 Å². The highest BCUT2D eigenvalue weighted by atomic mass is 16.5. The van der Waals surface area contributed by atoms with E-state index in [-0.39, 0.29) is 12.6 Å². The van der Waals surface area contributed by atoms with Crippen LogP contribution in [0.5, 0.6) is 0 Å². The van der Waals surface area contributed by atoms with Crippen LogP contribution >= 0.6 is 0 Å². The summed E-state index contributed by atoms with van der Waals surface area (Å²) in [6, 6.07) is 6.54. The third-order valence-corrected chi connectivity index (χ3v) is 1.50. The zero-order chi connectivity index (χ0) is 9.68. The Kier molecular flexibility index (Phi) is 3.28. The Labute approximate surface area is 76.5 Å². The van der Waals surface area contributed by atoms with Crippen molar-refractivity contribution in [2.45, 2.75) is 0 Å². The normalized spacial score (nSPS) is 9.62. The molecule has 13 heavy (non-hydrogen) atoms. The minimum absolute atomic E-state index is 0.239. The molecule has 0 fully saturated rings. The Morgan fingerprint density at radius 1 is 1.31 bits per heavy atom. The number of rotatable bonds is 3. The van der Waals surface area contributed by atoms with Crippen LogP contribution in [-0.2, 0) is 4.74 Å². The highest BCUT2D eigenvalue weighted by Crippen LogP contribution is 2.06. The van der Waals surface area contributed by atoms with Crippen LogP contribution in [0.15, 0.2) is 24.3 Å². The number of benzene rings is 1. The van der Waals surface area contributed by atoms with E-state index in [2.05, 4.69) is 0 Å². The van der Waals surface area contributed by atoms with Crippen molar-refractivity contribution in [1.82, 2.24) is 0 Å². The van der Waals surface area contributed by atoms with E-state index >= 15 is 0 Å². The van der Waals surface area contributed by atoms with Crippen LogP contribution in [-0.4, -0.2) is 19.1 Å². The second-order valence-electron chi connectivity index (χ2n) is 2.55. The number of ether oxygens (including phenoxy) is 1. The summed E-state index contributed by atoms with van der Waals surface area (Å²) in [6.45, 7) is 0.573. The van der Waals surface area contributed by atoms with Crippen molar-refractivity contribution >= 4 is 11.7 Å². The van der Waals surface area contributed by atoms with Gasteiger partial charge in [-0.2, -0.15) is 0 Å². The maximum Gasteiger partial charge on any atom is 0.338 e. The first kappa shape index (κ1) is 9.54. The van der Waals surface area contributed by atoms with Gasteiger partial charge in [0.25, 0.3) is 0 Å². The number of nitrogen functional groups attached to an aromatic ring is 1. The molecular weight excluding hydrogens is 168 g/mol. The van der Waals surface area contributed by atoms with Crippen LogP contribution in [0.4, 0.5) is 5.69 Å². The van der Waals surface area contributed by atoms with Crippen molar-refractivity contribution < 1.29 is 9.53 Å². The van der Waals surface area contributed by atoms with Crippen molar-refractivity contribution in [2.75, 3.05) is 18.9 Å². The molecule has 0 saturated carbocycles. The van der Waals surface area contributed by atoms with E-state index in [4.69, 9.17) is 16.2 Å². The molecule has 0 radical (unpaired) electrons. The number of nitrogens with two attached hydrogens (primary N) is 2. The van der Waals surface area contributed by atoms with Crippen LogP contribution in [0.25, 0.3) is 0 Å². The molecule has 0 aliphatic heterocycles.